The molecule has 0 bridgehead atoms. The van der Waals surface area contributed by atoms with Crippen LogP contribution in [0.2, 0.25) is 0 Å². The van der Waals surface area contributed by atoms with Crippen LogP contribution in [0.15, 0.2) is 17.5 Å². The molecule has 1 aliphatic heterocycles. The molecule has 1 saturated carbocycles. The van der Waals surface area contributed by atoms with Gasteiger partial charge in [0.1, 0.15) is 0 Å². The summed E-state index contributed by atoms with van der Waals surface area (Å²) in [7, 11) is 0. The van der Waals surface area contributed by atoms with Crippen molar-refractivity contribution in [3.63, 3.8) is 0 Å². The second kappa shape index (κ2) is 7.27. The molecular formula is C17H22N2O3S. The Bertz CT molecular complexity index is 607. The van der Waals surface area contributed by atoms with Gasteiger partial charge in [-0.05, 0) is 48.8 Å². The van der Waals surface area contributed by atoms with Crippen LogP contribution in [0.5, 0.6) is 0 Å². The molecule has 1 aromatic rings. The van der Waals surface area contributed by atoms with E-state index in [-0.39, 0.29) is 30.4 Å². The molecule has 0 spiro atoms. The molecule has 6 heteroatoms. The smallest absolute Gasteiger partial charge is 0.244 e. The van der Waals surface area contributed by atoms with Crippen LogP contribution in [0.1, 0.15) is 36.1 Å². The molecule has 2 heterocycles. The molecule has 2 N–H and O–H groups in total. The fourth-order valence-corrected chi connectivity index (χ4v) is 3.65. The fraction of sp³-hybridized carbons (Fsp3) is 0.529. The zero-order valence-corrected chi connectivity index (χ0v) is 13.8. The molecule has 2 amide bonds. The summed E-state index contributed by atoms with van der Waals surface area (Å²) in [5.74, 6) is 0.369. The van der Waals surface area contributed by atoms with Crippen molar-refractivity contribution in [3.8, 4) is 0 Å². The predicted octanol–water partition coefficient (Wildman–Crippen LogP) is 1.77. The van der Waals surface area contributed by atoms with Crippen molar-refractivity contribution < 1.29 is 14.7 Å². The molecule has 1 unspecified atom stereocenters. The molecule has 1 atom stereocenters. The summed E-state index contributed by atoms with van der Waals surface area (Å²) in [6, 6.07) is 1.91. The Balaban J connectivity index is 1.49. The van der Waals surface area contributed by atoms with E-state index in [4.69, 9.17) is 5.11 Å². The Morgan fingerprint density at radius 2 is 2.22 bits per heavy atom. The number of aliphatic hydroxyl groups is 1. The molecular weight excluding hydrogens is 312 g/mol. The van der Waals surface area contributed by atoms with Crippen LogP contribution in [-0.2, 0) is 16.2 Å². The van der Waals surface area contributed by atoms with Gasteiger partial charge >= 0.3 is 0 Å². The van der Waals surface area contributed by atoms with Crippen molar-refractivity contribution in [2.45, 2.75) is 38.3 Å². The average molecular weight is 334 g/mol. The summed E-state index contributed by atoms with van der Waals surface area (Å²) in [4.78, 5) is 27.0. The molecule has 3 rings (SSSR count). The summed E-state index contributed by atoms with van der Waals surface area (Å²) in [6.07, 6.45) is 7.18. The standard InChI is InChI=1S/C17H22N2O3S/c20-10-12-8-15(23-11-12)5-6-16(21)18-14-2-1-7-19(9-14)17(22)13-3-4-13/h5-6,8,11,13-14,20H,1-4,7,9-10H2,(H,18,21). The predicted molar refractivity (Wildman–Crippen MR) is 89.7 cm³/mol. The Morgan fingerprint density at radius 3 is 2.91 bits per heavy atom. The summed E-state index contributed by atoms with van der Waals surface area (Å²) in [5.41, 5.74) is 0.858. The van der Waals surface area contributed by atoms with E-state index in [1.807, 2.05) is 16.3 Å². The lowest BCUT2D eigenvalue weighted by Crippen LogP contribution is -2.49. The van der Waals surface area contributed by atoms with Crippen LogP contribution in [0.4, 0.5) is 0 Å². The number of likely N-dealkylation sites (tertiary alicyclic amines) is 1. The average Bonchev–Trinajstić information content (AvgIpc) is 3.31. The number of carbonyl (C=O) groups excluding carboxylic acids is 2. The number of hydrogen-bond donors (Lipinski definition) is 2. The molecule has 2 aliphatic rings. The molecule has 0 aromatic carbocycles. The summed E-state index contributed by atoms with van der Waals surface area (Å²) >= 11 is 1.50. The number of piperidine rings is 1. The minimum Gasteiger partial charge on any atom is -0.392 e. The van der Waals surface area contributed by atoms with E-state index in [1.165, 1.54) is 17.4 Å². The number of nitrogens with zero attached hydrogens (tertiary/aromatic N) is 1. The third kappa shape index (κ3) is 4.42. The van der Waals surface area contributed by atoms with Crippen molar-refractivity contribution in [2.75, 3.05) is 13.1 Å². The van der Waals surface area contributed by atoms with Crippen molar-refractivity contribution in [1.82, 2.24) is 10.2 Å². The van der Waals surface area contributed by atoms with Gasteiger partial charge in [-0.15, -0.1) is 11.3 Å². The van der Waals surface area contributed by atoms with E-state index < -0.39 is 0 Å². The van der Waals surface area contributed by atoms with Crippen LogP contribution in [-0.4, -0.2) is 41.0 Å². The van der Waals surface area contributed by atoms with E-state index in [2.05, 4.69) is 5.32 Å². The highest BCUT2D eigenvalue weighted by molar-refractivity contribution is 7.11. The van der Waals surface area contributed by atoms with Crippen molar-refractivity contribution in [3.05, 3.63) is 28.0 Å². The first-order valence-corrected chi connectivity index (χ1v) is 8.99. The number of aliphatic hydroxyl groups excluding tert-OH is 1. The Hall–Kier alpha value is -1.66. The molecule has 124 valence electrons. The topological polar surface area (TPSA) is 69.6 Å². The fourth-order valence-electron chi connectivity index (χ4n) is 2.86. The maximum atomic E-state index is 12.1. The van der Waals surface area contributed by atoms with Gasteiger partial charge in [-0.1, -0.05) is 0 Å². The quantitative estimate of drug-likeness (QED) is 0.806. The SMILES string of the molecule is O=C(C=Cc1cc(CO)cs1)NC1CCCN(C(=O)C2CC2)C1. The van der Waals surface area contributed by atoms with Crippen LogP contribution in [0.3, 0.4) is 0 Å². The van der Waals surface area contributed by atoms with E-state index in [0.717, 1.165) is 42.7 Å². The first kappa shape index (κ1) is 16.2. The van der Waals surface area contributed by atoms with Gasteiger partial charge in [-0.3, -0.25) is 9.59 Å². The number of nitrogens with one attached hydrogen (secondary N) is 1. The first-order valence-electron chi connectivity index (χ1n) is 8.11. The van der Waals surface area contributed by atoms with Crippen LogP contribution < -0.4 is 5.32 Å². The Morgan fingerprint density at radius 1 is 1.39 bits per heavy atom. The highest BCUT2D eigenvalue weighted by Gasteiger charge is 2.35. The third-order valence-electron chi connectivity index (χ3n) is 4.26. The molecule has 23 heavy (non-hydrogen) atoms. The van der Waals surface area contributed by atoms with E-state index in [1.54, 1.807) is 6.08 Å². The van der Waals surface area contributed by atoms with Gasteiger partial charge in [-0.25, -0.2) is 0 Å². The van der Waals surface area contributed by atoms with Crippen LogP contribution in [0.25, 0.3) is 6.08 Å². The van der Waals surface area contributed by atoms with E-state index in [9.17, 15) is 9.59 Å². The lowest BCUT2D eigenvalue weighted by Gasteiger charge is -2.33. The molecule has 1 aromatic heterocycles. The second-order valence-electron chi connectivity index (χ2n) is 6.26. The van der Waals surface area contributed by atoms with Crippen molar-refractivity contribution in [1.29, 1.82) is 0 Å². The summed E-state index contributed by atoms with van der Waals surface area (Å²) < 4.78 is 0. The first-order chi connectivity index (χ1) is 11.2. The Labute approximate surface area is 140 Å². The summed E-state index contributed by atoms with van der Waals surface area (Å²) in [5, 5.41) is 13.9. The van der Waals surface area contributed by atoms with Gasteiger partial charge < -0.3 is 15.3 Å². The van der Waals surface area contributed by atoms with Gasteiger partial charge in [-0.2, -0.15) is 0 Å². The molecule has 2 fully saturated rings. The number of carbonyl (C=O) groups is 2. The minimum atomic E-state index is -0.130. The lowest BCUT2D eigenvalue weighted by atomic mass is 10.0. The molecule has 1 saturated heterocycles. The van der Waals surface area contributed by atoms with Gasteiger partial charge in [0.15, 0.2) is 0 Å². The number of hydrogen-bond acceptors (Lipinski definition) is 4. The second-order valence-corrected chi connectivity index (χ2v) is 7.20. The maximum absolute atomic E-state index is 12.1. The highest BCUT2D eigenvalue weighted by atomic mass is 32.1. The molecule has 0 radical (unpaired) electrons. The maximum Gasteiger partial charge on any atom is 0.244 e. The van der Waals surface area contributed by atoms with Gasteiger partial charge in [0.05, 0.1) is 6.61 Å². The minimum absolute atomic E-state index is 0.0173. The largest absolute Gasteiger partial charge is 0.392 e. The van der Waals surface area contributed by atoms with Gasteiger partial charge in [0.2, 0.25) is 11.8 Å². The Kier molecular flexibility index (Phi) is 5.13. The van der Waals surface area contributed by atoms with Crippen LogP contribution >= 0.6 is 11.3 Å². The monoisotopic (exact) mass is 334 g/mol. The van der Waals surface area contributed by atoms with Gasteiger partial charge in [0.25, 0.3) is 0 Å². The van der Waals surface area contributed by atoms with Crippen molar-refractivity contribution in [2.24, 2.45) is 5.92 Å². The third-order valence-corrected chi connectivity index (χ3v) is 5.21. The highest BCUT2D eigenvalue weighted by Crippen LogP contribution is 2.31. The van der Waals surface area contributed by atoms with E-state index in [0.29, 0.717) is 6.54 Å². The van der Waals surface area contributed by atoms with E-state index >= 15 is 0 Å². The lowest BCUT2D eigenvalue weighted by molar-refractivity contribution is -0.134. The zero-order valence-electron chi connectivity index (χ0n) is 13.0. The normalized spacial score (nSPS) is 21.6. The number of rotatable bonds is 5. The zero-order chi connectivity index (χ0) is 16.2. The summed E-state index contributed by atoms with van der Waals surface area (Å²) in [6.45, 7) is 1.46. The molecule has 5 nitrogen and oxygen atoms in total. The number of amides is 2. The van der Waals surface area contributed by atoms with Crippen LogP contribution in [0, 0.1) is 5.92 Å². The van der Waals surface area contributed by atoms with Gasteiger partial charge in [0, 0.05) is 36.0 Å². The molecule has 1 aliphatic carbocycles. The number of thiophene rings is 1. The van der Waals surface area contributed by atoms with Crippen molar-refractivity contribution >= 4 is 29.2 Å².